The number of rotatable bonds is 4. The Morgan fingerprint density at radius 1 is 1.12 bits per heavy atom. The first kappa shape index (κ1) is 17.0. The number of aliphatic imine (C=N–C) groups is 1. The normalized spacial score (nSPS) is 18.1. The second kappa shape index (κ2) is 7.08. The lowest BCUT2D eigenvalue weighted by atomic mass is 9.96. The van der Waals surface area contributed by atoms with Crippen molar-refractivity contribution in [1.29, 1.82) is 0 Å². The number of halogens is 1. The van der Waals surface area contributed by atoms with Gasteiger partial charge in [-0.05, 0) is 36.6 Å². The number of benzene rings is 2. The van der Waals surface area contributed by atoms with Crippen molar-refractivity contribution in [3.63, 3.8) is 0 Å². The molecule has 2 aromatic rings. The number of guanidine groups is 1. The molecular formula is C20H22ClN3O2. The summed E-state index contributed by atoms with van der Waals surface area (Å²) in [6, 6.07) is 13.7. The van der Waals surface area contributed by atoms with E-state index in [1.165, 1.54) is 0 Å². The molecule has 0 saturated heterocycles. The minimum atomic E-state index is 0.0232. The minimum absolute atomic E-state index is 0.0232. The maximum atomic E-state index is 6.35. The smallest absolute Gasteiger partial charge is 0.193 e. The number of ether oxygens (including phenoxy) is 2. The molecule has 2 aliphatic rings. The largest absolute Gasteiger partial charge is 0.490 e. The Kier molecular flexibility index (Phi) is 4.64. The van der Waals surface area contributed by atoms with Gasteiger partial charge in [-0.15, -0.1) is 0 Å². The van der Waals surface area contributed by atoms with Crippen LogP contribution in [0.25, 0.3) is 0 Å². The number of anilines is 1. The molecule has 0 unspecified atom stereocenters. The van der Waals surface area contributed by atoms with Crippen molar-refractivity contribution in [2.45, 2.75) is 24.7 Å². The van der Waals surface area contributed by atoms with Crippen molar-refractivity contribution >= 4 is 23.2 Å². The third kappa shape index (κ3) is 3.58. The SMILES string of the molecule is NC(=NCC1(c2ccccc2Cl)CC1)Nc1ccc2c(c1)OCCCO2. The molecule has 0 radical (unpaired) electrons. The first-order valence-electron chi connectivity index (χ1n) is 8.88. The maximum absolute atomic E-state index is 6.35. The van der Waals surface area contributed by atoms with E-state index in [2.05, 4.69) is 16.4 Å². The number of hydrogen-bond acceptors (Lipinski definition) is 3. The Bertz CT molecular complexity index is 834. The molecule has 1 saturated carbocycles. The van der Waals surface area contributed by atoms with Crippen molar-refractivity contribution in [1.82, 2.24) is 0 Å². The molecule has 0 aromatic heterocycles. The Hall–Kier alpha value is -2.40. The summed E-state index contributed by atoms with van der Waals surface area (Å²) in [7, 11) is 0. The first-order valence-corrected chi connectivity index (χ1v) is 9.26. The van der Waals surface area contributed by atoms with Gasteiger partial charge in [0.1, 0.15) is 0 Å². The minimum Gasteiger partial charge on any atom is -0.490 e. The Balaban J connectivity index is 1.44. The highest BCUT2D eigenvalue weighted by Gasteiger charge is 2.45. The van der Waals surface area contributed by atoms with Crippen LogP contribution in [0.3, 0.4) is 0 Å². The third-order valence-corrected chi connectivity index (χ3v) is 5.20. The van der Waals surface area contributed by atoms with Crippen molar-refractivity contribution in [2.75, 3.05) is 25.1 Å². The lowest BCUT2D eigenvalue weighted by Crippen LogP contribution is -2.25. The molecule has 1 fully saturated rings. The fourth-order valence-corrected chi connectivity index (χ4v) is 3.56. The topological polar surface area (TPSA) is 68.9 Å². The van der Waals surface area contributed by atoms with E-state index in [9.17, 15) is 0 Å². The van der Waals surface area contributed by atoms with Crippen molar-refractivity contribution < 1.29 is 9.47 Å². The van der Waals surface area contributed by atoms with Crippen LogP contribution in [0.1, 0.15) is 24.8 Å². The number of nitrogens with zero attached hydrogens (tertiary/aromatic N) is 1. The molecule has 0 atom stereocenters. The van der Waals surface area contributed by atoms with Crippen molar-refractivity contribution in [3.05, 3.63) is 53.1 Å². The number of nitrogens with one attached hydrogen (secondary N) is 1. The molecule has 136 valence electrons. The highest BCUT2D eigenvalue weighted by atomic mass is 35.5. The van der Waals surface area contributed by atoms with Gasteiger partial charge in [0.25, 0.3) is 0 Å². The Morgan fingerprint density at radius 3 is 2.65 bits per heavy atom. The molecule has 0 spiro atoms. The van der Waals surface area contributed by atoms with E-state index in [0.717, 1.165) is 47.0 Å². The summed E-state index contributed by atoms with van der Waals surface area (Å²) in [5.74, 6) is 1.88. The predicted octanol–water partition coefficient (Wildman–Crippen LogP) is 3.96. The quantitative estimate of drug-likeness (QED) is 0.630. The average molecular weight is 372 g/mol. The number of hydrogen-bond donors (Lipinski definition) is 2. The zero-order valence-corrected chi connectivity index (χ0v) is 15.3. The van der Waals surface area contributed by atoms with E-state index in [4.69, 9.17) is 26.8 Å². The molecule has 3 N–H and O–H groups in total. The van der Waals surface area contributed by atoms with E-state index in [1.54, 1.807) is 0 Å². The number of nitrogens with two attached hydrogens (primary N) is 1. The first-order chi connectivity index (χ1) is 12.7. The summed E-state index contributed by atoms with van der Waals surface area (Å²) < 4.78 is 11.3. The second-order valence-electron chi connectivity index (χ2n) is 6.80. The molecule has 2 aromatic carbocycles. The molecule has 6 heteroatoms. The van der Waals surface area contributed by atoms with Gasteiger partial charge in [-0.2, -0.15) is 0 Å². The fraction of sp³-hybridized carbons (Fsp3) is 0.350. The van der Waals surface area contributed by atoms with Crippen LogP contribution in [-0.2, 0) is 5.41 Å². The summed E-state index contributed by atoms with van der Waals surface area (Å²) in [4.78, 5) is 4.55. The van der Waals surface area contributed by atoms with Gasteiger partial charge in [-0.25, -0.2) is 0 Å². The monoisotopic (exact) mass is 371 g/mol. The third-order valence-electron chi connectivity index (χ3n) is 4.87. The lowest BCUT2D eigenvalue weighted by Gasteiger charge is -2.15. The highest BCUT2D eigenvalue weighted by molar-refractivity contribution is 6.31. The van der Waals surface area contributed by atoms with Gasteiger partial charge >= 0.3 is 0 Å². The van der Waals surface area contributed by atoms with Crippen LogP contribution in [0.15, 0.2) is 47.5 Å². The van der Waals surface area contributed by atoms with Gasteiger partial charge in [-0.1, -0.05) is 29.8 Å². The van der Waals surface area contributed by atoms with Gasteiger partial charge in [-0.3, -0.25) is 4.99 Å². The molecule has 1 aliphatic carbocycles. The van der Waals surface area contributed by atoms with Crippen LogP contribution in [0.4, 0.5) is 5.69 Å². The van der Waals surface area contributed by atoms with Crippen LogP contribution < -0.4 is 20.5 Å². The zero-order valence-electron chi connectivity index (χ0n) is 14.5. The Labute approximate surface area is 158 Å². The van der Waals surface area contributed by atoms with Gasteiger partial charge < -0.3 is 20.5 Å². The predicted molar refractivity (Wildman–Crippen MR) is 105 cm³/mol. The summed E-state index contributed by atoms with van der Waals surface area (Å²) in [6.45, 7) is 1.95. The molecule has 5 nitrogen and oxygen atoms in total. The molecule has 26 heavy (non-hydrogen) atoms. The molecule has 0 bridgehead atoms. The van der Waals surface area contributed by atoms with E-state index in [1.807, 2.05) is 36.4 Å². The zero-order chi connectivity index (χ0) is 18.0. The lowest BCUT2D eigenvalue weighted by molar-refractivity contribution is 0.297. The molecular weight excluding hydrogens is 350 g/mol. The molecule has 4 rings (SSSR count). The van der Waals surface area contributed by atoms with E-state index < -0.39 is 0 Å². The summed E-state index contributed by atoms with van der Waals surface area (Å²) >= 11 is 6.35. The summed E-state index contributed by atoms with van der Waals surface area (Å²) in [5, 5.41) is 3.94. The maximum Gasteiger partial charge on any atom is 0.193 e. The summed E-state index contributed by atoms with van der Waals surface area (Å²) in [6.07, 6.45) is 3.04. The summed E-state index contributed by atoms with van der Waals surface area (Å²) in [5.41, 5.74) is 8.11. The molecule has 0 amide bonds. The average Bonchev–Trinajstić information content (AvgIpc) is 3.45. The van der Waals surface area contributed by atoms with Gasteiger partial charge in [0.2, 0.25) is 0 Å². The Morgan fingerprint density at radius 2 is 1.88 bits per heavy atom. The van der Waals surface area contributed by atoms with Crippen LogP contribution >= 0.6 is 11.6 Å². The molecule has 1 heterocycles. The van der Waals surface area contributed by atoms with Crippen molar-refractivity contribution in [2.24, 2.45) is 10.7 Å². The van der Waals surface area contributed by atoms with E-state index in [0.29, 0.717) is 25.7 Å². The molecule has 1 aliphatic heterocycles. The van der Waals surface area contributed by atoms with Crippen LogP contribution in [0.2, 0.25) is 5.02 Å². The standard InChI is InChI=1S/C20H22ClN3O2/c21-16-5-2-1-4-15(16)20(8-9-20)13-23-19(22)24-14-6-7-17-18(12-14)26-11-3-10-25-17/h1-2,4-7,12H,3,8-11,13H2,(H3,22,23,24). The highest BCUT2D eigenvalue weighted by Crippen LogP contribution is 2.50. The van der Waals surface area contributed by atoms with Crippen molar-refractivity contribution in [3.8, 4) is 11.5 Å². The van der Waals surface area contributed by atoms with Crippen LogP contribution in [0, 0.1) is 0 Å². The second-order valence-corrected chi connectivity index (χ2v) is 7.21. The van der Waals surface area contributed by atoms with Gasteiger partial charge in [0.05, 0.1) is 19.8 Å². The van der Waals surface area contributed by atoms with Gasteiger partial charge in [0.15, 0.2) is 17.5 Å². The number of fused-ring (bicyclic) bond motifs is 1. The van der Waals surface area contributed by atoms with Crippen LogP contribution in [0.5, 0.6) is 11.5 Å². The van der Waals surface area contributed by atoms with Gasteiger partial charge in [0, 0.05) is 28.6 Å². The van der Waals surface area contributed by atoms with Crippen LogP contribution in [-0.4, -0.2) is 25.7 Å². The fourth-order valence-electron chi connectivity index (χ4n) is 3.22. The van der Waals surface area contributed by atoms with E-state index in [-0.39, 0.29) is 5.41 Å². The van der Waals surface area contributed by atoms with E-state index >= 15 is 0 Å².